The van der Waals surface area contributed by atoms with E-state index in [9.17, 15) is 9.59 Å². The molecule has 2 aromatic heterocycles. The van der Waals surface area contributed by atoms with Crippen LogP contribution in [0, 0.1) is 13.8 Å². The normalized spacial score (nSPS) is 15.7. The van der Waals surface area contributed by atoms with Gasteiger partial charge in [-0.3, -0.25) is 19.0 Å². The summed E-state index contributed by atoms with van der Waals surface area (Å²) in [6.07, 6.45) is 0.634. The molecule has 2 aromatic carbocycles. The lowest BCUT2D eigenvalue weighted by Crippen LogP contribution is -2.28. The van der Waals surface area contributed by atoms with Gasteiger partial charge in [-0.15, -0.1) is 10.2 Å². The van der Waals surface area contributed by atoms with E-state index in [0.29, 0.717) is 23.0 Å². The number of benzene rings is 2. The van der Waals surface area contributed by atoms with Gasteiger partial charge >= 0.3 is 0 Å². The van der Waals surface area contributed by atoms with Gasteiger partial charge in [0.15, 0.2) is 5.16 Å². The van der Waals surface area contributed by atoms with Crippen LogP contribution in [-0.4, -0.2) is 42.0 Å². The highest BCUT2D eigenvalue weighted by atomic mass is 79.9. The number of amides is 1. The molecular formula is C24H21BrN6O2S. The van der Waals surface area contributed by atoms with Crippen molar-refractivity contribution in [2.24, 2.45) is 5.10 Å². The Morgan fingerprint density at radius 2 is 1.85 bits per heavy atom. The Kier molecular flexibility index (Phi) is 6.09. The lowest BCUT2D eigenvalue weighted by Gasteiger charge is -2.22. The summed E-state index contributed by atoms with van der Waals surface area (Å²) in [5.41, 5.74) is 4.53. The number of H-pyrrole nitrogens is 1. The molecule has 1 aliphatic heterocycles. The molecule has 0 bridgehead atoms. The van der Waals surface area contributed by atoms with E-state index in [-0.39, 0.29) is 23.3 Å². The summed E-state index contributed by atoms with van der Waals surface area (Å²) in [5.74, 6) is 0.370. The molecular weight excluding hydrogens is 516 g/mol. The number of nitrogens with one attached hydrogen (secondary N) is 1. The first-order valence-corrected chi connectivity index (χ1v) is 12.5. The lowest BCUT2D eigenvalue weighted by molar-refractivity contribution is -0.130. The number of halogens is 1. The van der Waals surface area contributed by atoms with Crippen LogP contribution in [-0.2, 0) is 4.79 Å². The number of hydrazone groups is 1. The Bertz CT molecular complexity index is 1460. The van der Waals surface area contributed by atoms with Gasteiger partial charge in [-0.1, -0.05) is 69.7 Å². The maximum absolute atomic E-state index is 13.4. The zero-order valence-electron chi connectivity index (χ0n) is 18.5. The molecule has 1 unspecified atom stereocenters. The molecule has 0 spiro atoms. The fourth-order valence-electron chi connectivity index (χ4n) is 3.96. The first kappa shape index (κ1) is 22.5. The molecule has 10 heteroatoms. The van der Waals surface area contributed by atoms with Crippen molar-refractivity contribution >= 4 is 45.1 Å². The molecule has 4 aromatic rings. The van der Waals surface area contributed by atoms with Gasteiger partial charge in [-0.25, -0.2) is 5.01 Å². The zero-order chi connectivity index (χ0) is 23.8. The van der Waals surface area contributed by atoms with Crippen molar-refractivity contribution < 1.29 is 4.79 Å². The molecule has 172 valence electrons. The van der Waals surface area contributed by atoms with Gasteiger partial charge in [-0.2, -0.15) is 5.10 Å². The fourth-order valence-corrected chi connectivity index (χ4v) is 5.07. The van der Waals surface area contributed by atoms with Gasteiger partial charge in [0.1, 0.15) is 0 Å². The molecule has 1 N–H and O–H groups in total. The van der Waals surface area contributed by atoms with Crippen molar-refractivity contribution in [1.29, 1.82) is 0 Å². The summed E-state index contributed by atoms with van der Waals surface area (Å²) >= 11 is 4.74. The summed E-state index contributed by atoms with van der Waals surface area (Å²) < 4.78 is 2.73. The average Bonchev–Trinajstić information content (AvgIpc) is 3.43. The van der Waals surface area contributed by atoms with Gasteiger partial charge in [0.05, 0.1) is 17.5 Å². The van der Waals surface area contributed by atoms with Crippen molar-refractivity contribution in [2.75, 3.05) is 5.75 Å². The second kappa shape index (κ2) is 9.19. The van der Waals surface area contributed by atoms with Crippen LogP contribution in [0.1, 0.15) is 34.8 Å². The van der Waals surface area contributed by atoms with Crippen LogP contribution in [0.2, 0.25) is 0 Å². The molecule has 1 atom stereocenters. The Balaban J connectivity index is 1.42. The van der Waals surface area contributed by atoms with Crippen LogP contribution in [0.4, 0.5) is 0 Å². The largest absolute Gasteiger partial charge is 0.291 e. The van der Waals surface area contributed by atoms with E-state index in [1.165, 1.54) is 17.8 Å². The second-order valence-corrected chi connectivity index (χ2v) is 9.99. The average molecular weight is 537 g/mol. The Hall–Kier alpha value is -3.24. The monoisotopic (exact) mass is 536 g/mol. The van der Waals surface area contributed by atoms with Gasteiger partial charge in [-0.05, 0) is 37.1 Å². The third kappa shape index (κ3) is 4.43. The number of aromatic amines is 1. The van der Waals surface area contributed by atoms with Crippen LogP contribution in [0.5, 0.6) is 0 Å². The summed E-state index contributed by atoms with van der Waals surface area (Å²) in [6, 6.07) is 17.5. The second-order valence-electron chi connectivity index (χ2n) is 8.13. The van der Waals surface area contributed by atoms with E-state index in [2.05, 4.69) is 55.4 Å². The first-order valence-electron chi connectivity index (χ1n) is 10.7. The van der Waals surface area contributed by atoms with E-state index in [1.54, 1.807) is 16.3 Å². The summed E-state index contributed by atoms with van der Waals surface area (Å²) in [7, 11) is 0. The third-order valence-electron chi connectivity index (χ3n) is 5.69. The van der Waals surface area contributed by atoms with Crippen molar-refractivity contribution in [3.63, 3.8) is 0 Å². The predicted molar refractivity (Wildman–Crippen MR) is 135 cm³/mol. The van der Waals surface area contributed by atoms with Crippen LogP contribution >= 0.6 is 27.7 Å². The lowest BCUT2D eigenvalue weighted by atomic mass is 9.98. The fraction of sp³-hybridized carbons (Fsp3) is 0.208. The van der Waals surface area contributed by atoms with Crippen LogP contribution in [0.15, 0.2) is 74.1 Å². The molecule has 1 amide bonds. The van der Waals surface area contributed by atoms with Crippen molar-refractivity contribution in [3.8, 4) is 0 Å². The third-order valence-corrected chi connectivity index (χ3v) is 7.13. The number of hydrogen-bond donors (Lipinski definition) is 1. The van der Waals surface area contributed by atoms with Crippen LogP contribution in [0.3, 0.4) is 0 Å². The highest BCUT2D eigenvalue weighted by Crippen LogP contribution is 2.34. The number of rotatable bonds is 5. The van der Waals surface area contributed by atoms with Crippen molar-refractivity contribution in [3.05, 3.63) is 91.8 Å². The number of thioether (sulfide) groups is 1. The summed E-state index contributed by atoms with van der Waals surface area (Å²) in [4.78, 5) is 27.7. The van der Waals surface area contributed by atoms with Gasteiger partial charge in [0, 0.05) is 22.7 Å². The number of aromatic nitrogens is 4. The van der Waals surface area contributed by atoms with E-state index in [1.807, 2.05) is 31.2 Å². The molecule has 0 saturated carbocycles. The van der Waals surface area contributed by atoms with Gasteiger partial charge < -0.3 is 0 Å². The molecule has 0 radical (unpaired) electrons. The van der Waals surface area contributed by atoms with Crippen molar-refractivity contribution in [2.45, 2.75) is 31.5 Å². The number of hydrogen-bond acceptors (Lipinski definition) is 6. The highest BCUT2D eigenvalue weighted by Gasteiger charge is 2.33. The number of fused-ring (bicyclic) bond motifs is 1. The molecule has 5 rings (SSSR count). The number of nitrogens with zero attached hydrogens (tertiary/aromatic N) is 5. The standard InChI is InChI=1S/C24H21BrN6O2S/c1-14-3-5-17(6-4-14)20-12-19(16-7-9-18(25)10-8-16)29-31(20)22(33)13-34-24-28-27-23-26-21(32)11-15(2)30(23)24/h3-11,20H,12-13H2,1-2H3,(H,26,27,32). The van der Waals surface area contributed by atoms with E-state index in [4.69, 9.17) is 5.10 Å². The van der Waals surface area contributed by atoms with Gasteiger partial charge in [0.2, 0.25) is 5.78 Å². The van der Waals surface area contributed by atoms with E-state index >= 15 is 0 Å². The highest BCUT2D eigenvalue weighted by molar-refractivity contribution is 9.10. The maximum atomic E-state index is 13.4. The van der Waals surface area contributed by atoms with E-state index < -0.39 is 0 Å². The molecule has 1 aliphatic rings. The Morgan fingerprint density at radius 1 is 1.12 bits per heavy atom. The molecule has 8 nitrogen and oxygen atoms in total. The topological polar surface area (TPSA) is 95.7 Å². The predicted octanol–water partition coefficient (Wildman–Crippen LogP) is 4.27. The molecule has 0 saturated heterocycles. The molecule has 0 aliphatic carbocycles. The van der Waals surface area contributed by atoms with Crippen LogP contribution < -0.4 is 5.56 Å². The SMILES string of the molecule is Cc1ccc(C2CC(c3ccc(Br)cc3)=NN2C(=O)CSc2nnc3[nH]c(=O)cc(C)n23)cc1. The smallest absolute Gasteiger partial charge is 0.253 e. The summed E-state index contributed by atoms with van der Waals surface area (Å²) in [6.45, 7) is 3.85. The first-order chi connectivity index (χ1) is 16.4. The van der Waals surface area contributed by atoms with Crippen LogP contribution in [0.25, 0.3) is 5.78 Å². The maximum Gasteiger partial charge on any atom is 0.253 e. The molecule has 34 heavy (non-hydrogen) atoms. The minimum Gasteiger partial charge on any atom is -0.291 e. The number of carbonyl (C=O) groups excluding carboxylic acids is 1. The van der Waals surface area contributed by atoms with Crippen molar-refractivity contribution in [1.82, 2.24) is 24.6 Å². The molecule has 3 heterocycles. The zero-order valence-corrected chi connectivity index (χ0v) is 20.9. The molecule has 0 fully saturated rings. The summed E-state index contributed by atoms with van der Waals surface area (Å²) in [5, 5.41) is 15.0. The Morgan fingerprint density at radius 3 is 2.59 bits per heavy atom. The number of carbonyl (C=O) groups is 1. The van der Waals surface area contributed by atoms with Gasteiger partial charge in [0.25, 0.3) is 11.5 Å². The minimum absolute atomic E-state index is 0.124. The minimum atomic E-state index is -0.238. The number of aryl methyl sites for hydroxylation is 2. The Labute approximate surface area is 208 Å². The van der Waals surface area contributed by atoms with E-state index in [0.717, 1.165) is 26.9 Å². The quantitative estimate of drug-likeness (QED) is 0.384.